The van der Waals surface area contributed by atoms with Gasteiger partial charge in [0.15, 0.2) is 5.11 Å². The van der Waals surface area contributed by atoms with Crippen LogP contribution >= 0.6 is 23.8 Å². The van der Waals surface area contributed by atoms with Crippen LogP contribution in [0.1, 0.15) is 17.2 Å². The molecule has 0 fully saturated rings. The van der Waals surface area contributed by atoms with Crippen molar-refractivity contribution < 1.29 is 0 Å². The zero-order valence-corrected chi connectivity index (χ0v) is 12.2. The Labute approximate surface area is 128 Å². The predicted octanol–water partition coefficient (Wildman–Crippen LogP) is 3.90. The highest BCUT2D eigenvalue weighted by atomic mass is 35.5. The first-order valence-electron chi connectivity index (χ1n) is 6.33. The van der Waals surface area contributed by atoms with Gasteiger partial charge in [0.2, 0.25) is 0 Å². The monoisotopic (exact) mass is 300 g/mol. The summed E-state index contributed by atoms with van der Waals surface area (Å²) in [6, 6.07) is 18.0. The van der Waals surface area contributed by atoms with Crippen molar-refractivity contribution in [3.63, 3.8) is 0 Å². The largest absolute Gasteiger partial charge is 0.352 e. The summed E-state index contributed by atoms with van der Waals surface area (Å²) in [6.45, 7) is 0. The van der Waals surface area contributed by atoms with Gasteiger partial charge in [0, 0.05) is 16.3 Å². The molecule has 0 saturated heterocycles. The highest BCUT2D eigenvalue weighted by molar-refractivity contribution is 7.80. The molecule has 0 saturated carbocycles. The summed E-state index contributed by atoms with van der Waals surface area (Å²) >= 11 is 11.6. The molecule has 1 aliphatic heterocycles. The molecular weight excluding hydrogens is 288 g/mol. The van der Waals surface area contributed by atoms with Gasteiger partial charge < -0.3 is 10.6 Å². The van der Waals surface area contributed by atoms with E-state index in [9.17, 15) is 0 Å². The van der Waals surface area contributed by atoms with Crippen LogP contribution in [-0.2, 0) is 0 Å². The Hall–Kier alpha value is -1.84. The van der Waals surface area contributed by atoms with Gasteiger partial charge >= 0.3 is 0 Å². The third-order valence-electron chi connectivity index (χ3n) is 3.19. The fraction of sp³-hybridized carbons (Fsp3) is 0.0625. The van der Waals surface area contributed by atoms with Crippen molar-refractivity contribution in [3.8, 4) is 0 Å². The average Bonchev–Trinajstić information content (AvgIpc) is 2.48. The summed E-state index contributed by atoms with van der Waals surface area (Å²) < 4.78 is 0. The summed E-state index contributed by atoms with van der Waals surface area (Å²) in [5.41, 5.74) is 3.06. The van der Waals surface area contributed by atoms with E-state index in [0.29, 0.717) is 10.1 Å². The summed E-state index contributed by atoms with van der Waals surface area (Å²) in [5, 5.41) is 7.74. The molecule has 3 rings (SSSR count). The van der Waals surface area contributed by atoms with Crippen molar-refractivity contribution in [1.29, 1.82) is 0 Å². The van der Waals surface area contributed by atoms with Crippen LogP contribution in [0.15, 0.2) is 60.7 Å². The lowest BCUT2D eigenvalue weighted by Gasteiger charge is -2.26. The number of rotatable bonds is 2. The van der Waals surface area contributed by atoms with Crippen molar-refractivity contribution in [1.82, 2.24) is 10.6 Å². The van der Waals surface area contributed by atoms with Crippen LogP contribution in [0.3, 0.4) is 0 Å². The Kier molecular flexibility index (Phi) is 3.72. The molecule has 0 amide bonds. The third-order valence-corrected chi connectivity index (χ3v) is 3.74. The van der Waals surface area contributed by atoms with Crippen LogP contribution < -0.4 is 10.6 Å². The van der Waals surface area contributed by atoms with Crippen molar-refractivity contribution >= 4 is 34.6 Å². The van der Waals surface area contributed by atoms with Crippen LogP contribution in [0.2, 0.25) is 5.02 Å². The zero-order chi connectivity index (χ0) is 13.9. The molecule has 0 radical (unpaired) electrons. The minimum absolute atomic E-state index is 0.0521. The molecule has 1 atom stereocenters. The number of hydrogen-bond donors (Lipinski definition) is 2. The van der Waals surface area contributed by atoms with Crippen molar-refractivity contribution in [3.05, 3.63) is 76.8 Å². The molecule has 20 heavy (non-hydrogen) atoms. The molecule has 0 aromatic heterocycles. The number of hydrogen-bond acceptors (Lipinski definition) is 1. The Bertz CT molecular complexity index is 667. The lowest BCUT2D eigenvalue weighted by atomic mass is 10.0. The van der Waals surface area contributed by atoms with E-state index in [1.807, 2.05) is 42.5 Å². The van der Waals surface area contributed by atoms with Gasteiger partial charge in [-0.15, -0.1) is 0 Å². The van der Waals surface area contributed by atoms with Gasteiger partial charge in [-0.05, 0) is 29.9 Å². The van der Waals surface area contributed by atoms with E-state index in [4.69, 9.17) is 23.8 Å². The molecule has 0 unspecified atom stereocenters. The standard InChI is InChI=1S/C16H13ClN2S/c17-13-9-5-4-8-12(13)15-10-14(18-16(20)19-15)11-6-2-1-3-7-11/h1-10,14H,(H2,18,19,20)/t14-/m1/s1. The molecule has 2 nitrogen and oxygen atoms in total. The third kappa shape index (κ3) is 2.69. The number of halogens is 1. The van der Waals surface area contributed by atoms with Crippen LogP contribution in [0.4, 0.5) is 0 Å². The topological polar surface area (TPSA) is 24.1 Å². The quantitative estimate of drug-likeness (QED) is 0.823. The Morgan fingerprint density at radius 1 is 0.950 bits per heavy atom. The first kappa shape index (κ1) is 13.2. The summed E-state index contributed by atoms with van der Waals surface area (Å²) in [6.07, 6.45) is 2.10. The second-order valence-corrected chi connectivity index (χ2v) is 5.36. The van der Waals surface area contributed by atoms with Crippen molar-refractivity contribution in [2.75, 3.05) is 0 Å². The molecule has 2 aromatic rings. The summed E-state index contributed by atoms with van der Waals surface area (Å²) in [7, 11) is 0. The minimum atomic E-state index is 0.0521. The van der Waals surface area contributed by atoms with Gasteiger partial charge in [0.1, 0.15) is 0 Å². The van der Waals surface area contributed by atoms with E-state index in [1.165, 1.54) is 5.56 Å². The Morgan fingerprint density at radius 3 is 2.40 bits per heavy atom. The maximum Gasteiger partial charge on any atom is 0.171 e. The fourth-order valence-electron chi connectivity index (χ4n) is 2.23. The molecule has 0 aliphatic carbocycles. The molecule has 1 heterocycles. The van der Waals surface area contributed by atoms with Crippen LogP contribution in [-0.4, -0.2) is 5.11 Å². The lowest BCUT2D eigenvalue weighted by Crippen LogP contribution is -2.40. The smallest absolute Gasteiger partial charge is 0.171 e. The number of benzene rings is 2. The first-order chi connectivity index (χ1) is 9.74. The first-order valence-corrected chi connectivity index (χ1v) is 7.12. The molecule has 0 bridgehead atoms. The normalized spacial score (nSPS) is 17.9. The lowest BCUT2D eigenvalue weighted by molar-refractivity contribution is 0.765. The van der Waals surface area contributed by atoms with Gasteiger partial charge in [0.25, 0.3) is 0 Å². The Morgan fingerprint density at radius 2 is 1.65 bits per heavy atom. The highest BCUT2D eigenvalue weighted by Gasteiger charge is 2.19. The maximum atomic E-state index is 6.25. The van der Waals surface area contributed by atoms with E-state index < -0.39 is 0 Å². The van der Waals surface area contributed by atoms with Crippen LogP contribution in [0, 0.1) is 0 Å². The second kappa shape index (κ2) is 5.65. The molecular formula is C16H13ClN2S. The van der Waals surface area contributed by atoms with E-state index >= 15 is 0 Å². The molecule has 4 heteroatoms. The Balaban J connectivity index is 2.01. The minimum Gasteiger partial charge on any atom is -0.352 e. The average molecular weight is 301 g/mol. The van der Waals surface area contributed by atoms with Gasteiger partial charge in [-0.2, -0.15) is 0 Å². The molecule has 2 N–H and O–H groups in total. The second-order valence-electron chi connectivity index (χ2n) is 4.55. The fourth-order valence-corrected chi connectivity index (χ4v) is 2.70. The van der Waals surface area contributed by atoms with Crippen LogP contribution in [0.5, 0.6) is 0 Å². The number of thiocarbonyl (C=S) groups is 1. The van der Waals surface area contributed by atoms with Crippen molar-refractivity contribution in [2.45, 2.75) is 6.04 Å². The maximum absolute atomic E-state index is 6.25. The predicted molar refractivity (Wildman–Crippen MR) is 87.5 cm³/mol. The van der Waals surface area contributed by atoms with Gasteiger partial charge in [-0.3, -0.25) is 0 Å². The van der Waals surface area contributed by atoms with E-state index in [-0.39, 0.29) is 6.04 Å². The SMILES string of the molecule is S=C1NC(c2ccccc2Cl)=C[C@H](c2ccccc2)N1. The zero-order valence-electron chi connectivity index (χ0n) is 10.6. The van der Waals surface area contributed by atoms with E-state index in [0.717, 1.165) is 11.3 Å². The van der Waals surface area contributed by atoms with Gasteiger partial charge in [-0.25, -0.2) is 0 Å². The summed E-state index contributed by atoms with van der Waals surface area (Å²) in [5.74, 6) is 0. The summed E-state index contributed by atoms with van der Waals surface area (Å²) in [4.78, 5) is 0. The van der Waals surface area contributed by atoms with Crippen molar-refractivity contribution in [2.24, 2.45) is 0 Å². The molecule has 100 valence electrons. The molecule has 0 spiro atoms. The van der Waals surface area contributed by atoms with E-state index in [2.05, 4.69) is 28.8 Å². The van der Waals surface area contributed by atoms with Crippen LogP contribution in [0.25, 0.3) is 5.70 Å². The number of nitrogens with one attached hydrogen (secondary N) is 2. The van der Waals surface area contributed by atoms with E-state index in [1.54, 1.807) is 0 Å². The molecule has 2 aromatic carbocycles. The highest BCUT2D eigenvalue weighted by Crippen LogP contribution is 2.27. The molecule has 1 aliphatic rings. The van der Waals surface area contributed by atoms with Gasteiger partial charge in [0.05, 0.1) is 6.04 Å². The van der Waals surface area contributed by atoms with Gasteiger partial charge in [-0.1, -0.05) is 60.1 Å².